The molecule has 1 unspecified atom stereocenters. The minimum absolute atomic E-state index is 0.127. The molecular weight excluding hydrogens is 758 g/mol. The highest BCUT2D eigenvalue weighted by atomic mass is 128. The van der Waals surface area contributed by atoms with Crippen LogP contribution in [0.1, 0.15) is 103 Å². The number of carbonyl (C=O) groups excluding carboxylic acids is 4. The van der Waals surface area contributed by atoms with Gasteiger partial charge in [-0.1, -0.05) is 17.7 Å². The third-order valence-electron chi connectivity index (χ3n) is 6.87. The van der Waals surface area contributed by atoms with Gasteiger partial charge in [0.05, 0.1) is 11.1 Å². The van der Waals surface area contributed by atoms with Crippen LogP contribution >= 0.6 is 37.2 Å². The van der Waals surface area contributed by atoms with Crippen LogP contribution in [0.15, 0.2) is 46.7 Å². The van der Waals surface area contributed by atoms with Gasteiger partial charge in [0.15, 0.2) is 23.4 Å². The predicted octanol–water partition coefficient (Wildman–Crippen LogP) is 9.51. The summed E-state index contributed by atoms with van der Waals surface area (Å²) in [6.07, 6.45) is -0.802. The summed E-state index contributed by atoms with van der Waals surface area (Å²) in [5, 5.41) is 0. The molecule has 0 fully saturated rings. The Balaban J connectivity index is 0.000000759. The molecule has 0 aromatic heterocycles. The Morgan fingerprint density at radius 3 is 1.29 bits per heavy atom. The number of Topliss-reactive ketones (excluding diaryl/α,β-unsaturated/α-hetero) is 2. The summed E-state index contributed by atoms with van der Waals surface area (Å²) < 4.78 is 10.7. The molecule has 0 spiro atoms. The van der Waals surface area contributed by atoms with E-state index in [1.807, 2.05) is 80.5 Å². The largest absolute Gasteiger partial charge is 0.446 e. The van der Waals surface area contributed by atoms with Crippen LogP contribution < -0.4 is 0 Å². The number of ketones is 2. The average Bonchev–Trinajstić information content (AvgIpc) is 2.90. The fraction of sp³-hybridized carbons (Fsp3) is 0.412. The van der Waals surface area contributed by atoms with Gasteiger partial charge in [0.25, 0.3) is 0 Å². The number of halogens is 2. The number of hydrogen-bond donors (Lipinski definition) is 0. The minimum Gasteiger partial charge on any atom is -0.446 e. The third kappa shape index (κ3) is 11.7. The molecule has 2 aromatic carbocycles. The lowest BCUT2D eigenvalue weighted by atomic mass is 10.0. The van der Waals surface area contributed by atoms with Crippen LogP contribution in [0, 0.1) is 41.5 Å². The number of benzene rings is 2. The van der Waals surface area contributed by atoms with Gasteiger partial charge in [0, 0.05) is 44.2 Å². The van der Waals surface area contributed by atoms with Gasteiger partial charge in [-0.15, -0.1) is 0 Å². The van der Waals surface area contributed by atoms with Crippen molar-refractivity contribution in [3.63, 3.8) is 0 Å². The molecule has 0 aliphatic carbocycles. The zero-order valence-electron chi connectivity index (χ0n) is 27.1. The number of esters is 2. The molecule has 2 aromatic rings. The first-order valence-electron chi connectivity index (χ1n) is 13.4. The van der Waals surface area contributed by atoms with Crippen LogP contribution in [-0.2, 0) is 19.1 Å². The number of aryl methyl sites for hydroxylation is 6. The molecule has 42 heavy (non-hydrogen) atoms. The maximum atomic E-state index is 12.4. The Morgan fingerprint density at radius 1 is 0.571 bits per heavy atom. The Kier molecular flexibility index (Phi) is 17.3. The second-order valence-corrected chi connectivity index (χ2v) is 10.9. The van der Waals surface area contributed by atoms with Crippen molar-refractivity contribution >= 4 is 60.7 Å². The first kappa shape index (κ1) is 39.7. The van der Waals surface area contributed by atoms with E-state index in [1.165, 1.54) is 13.8 Å². The highest BCUT2D eigenvalue weighted by Crippen LogP contribution is 2.21. The molecule has 0 saturated carbocycles. The van der Waals surface area contributed by atoms with E-state index in [1.54, 1.807) is 19.9 Å². The molecule has 0 bridgehead atoms. The van der Waals surface area contributed by atoms with Gasteiger partial charge in [0.1, 0.15) is 0 Å². The Bertz CT molecular complexity index is 1390. The zero-order valence-corrected chi connectivity index (χ0v) is 31.4. The van der Waals surface area contributed by atoms with E-state index in [2.05, 4.69) is 37.2 Å². The van der Waals surface area contributed by atoms with Crippen molar-refractivity contribution in [2.75, 3.05) is 0 Å². The maximum Gasteiger partial charge on any atom is 0.343 e. The van der Waals surface area contributed by atoms with E-state index in [9.17, 15) is 19.2 Å². The van der Waals surface area contributed by atoms with E-state index >= 15 is 0 Å². The summed E-state index contributed by atoms with van der Waals surface area (Å²) in [5.41, 5.74) is 9.53. The lowest BCUT2D eigenvalue weighted by molar-refractivity contribution is -0.123. The van der Waals surface area contributed by atoms with Crippen LogP contribution in [0.2, 0.25) is 0 Å². The molecule has 0 aliphatic rings. The lowest BCUT2D eigenvalue weighted by Gasteiger charge is -2.18. The highest BCUT2D eigenvalue weighted by molar-refractivity contribution is 15.0. The molecule has 0 N–H and O–H groups in total. The van der Waals surface area contributed by atoms with E-state index < -0.39 is 18.0 Å². The monoisotopic (exact) mass is 802 g/mol. The molecule has 0 aliphatic heterocycles. The summed E-state index contributed by atoms with van der Waals surface area (Å²) in [6.45, 7) is 23.6. The van der Waals surface area contributed by atoms with Crippen molar-refractivity contribution in [2.24, 2.45) is 0 Å². The summed E-state index contributed by atoms with van der Waals surface area (Å²) in [4.78, 5) is 47.7. The Hall–Kier alpha value is -2.34. The van der Waals surface area contributed by atoms with E-state index in [4.69, 9.17) is 9.47 Å². The molecule has 230 valence electrons. The van der Waals surface area contributed by atoms with Gasteiger partial charge < -0.3 is 9.47 Å². The number of rotatable bonds is 7. The second kappa shape index (κ2) is 18.4. The fourth-order valence-corrected chi connectivity index (χ4v) is 3.94. The quantitative estimate of drug-likeness (QED) is 0.0912. The SMILES string of the molecule is CC(=O)C(OC(=O)c1cc(C)c(C)cc1C)=C(C)C.CC(=O)C(OC(=O)c1cc(C)c(C)cc1C)C(C)=C(C)C.II. The predicted molar refractivity (Wildman–Crippen MR) is 188 cm³/mol. The first-order valence-corrected chi connectivity index (χ1v) is 19.7. The van der Waals surface area contributed by atoms with E-state index in [0.29, 0.717) is 16.7 Å². The van der Waals surface area contributed by atoms with E-state index in [-0.39, 0.29) is 17.3 Å². The third-order valence-corrected chi connectivity index (χ3v) is 6.87. The Labute approximate surface area is 275 Å². The summed E-state index contributed by atoms with van der Waals surface area (Å²) in [6, 6.07) is 7.53. The lowest BCUT2D eigenvalue weighted by Crippen LogP contribution is -2.27. The van der Waals surface area contributed by atoms with Crippen molar-refractivity contribution < 1.29 is 28.7 Å². The van der Waals surface area contributed by atoms with E-state index in [0.717, 1.165) is 44.5 Å². The smallest absolute Gasteiger partial charge is 0.343 e. The number of hydrogen-bond acceptors (Lipinski definition) is 6. The van der Waals surface area contributed by atoms with Crippen molar-refractivity contribution in [3.05, 3.63) is 91.3 Å². The molecule has 2 rings (SSSR count). The topological polar surface area (TPSA) is 86.7 Å². The maximum absolute atomic E-state index is 12.4. The normalized spacial score (nSPS) is 10.5. The summed E-state index contributed by atoms with van der Waals surface area (Å²) in [5.74, 6) is -1.20. The van der Waals surface area contributed by atoms with Gasteiger partial charge >= 0.3 is 11.9 Å². The first-order chi connectivity index (χ1) is 19.4. The zero-order chi connectivity index (χ0) is 33.1. The molecule has 1 atom stereocenters. The van der Waals surface area contributed by atoms with Crippen molar-refractivity contribution in [2.45, 2.75) is 96.1 Å². The Morgan fingerprint density at radius 2 is 0.952 bits per heavy atom. The highest BCUT2D eigenvalue weighted by Gasteiger charge is 2.24. The van der Waals surface area contributed by atoms with Crippen LogP contribution in [0.25, 0.3) is 0 Å². The number of carbonyl (C=O) groups is 4. The van der Waals surface area contributed by atoms with Gasteiger partial charge in [-0.2, -0.15) is 0 Å². The summed E-state index contributed by atoms with van der Waals surface area (Å²) in [7, 11) is 0. The van der Waals surface area contributed by atoms with Gasteiger partial charge in [-0.05, 0) is 140 Å². The van der Waals surface area contributed by atoms with Crippen molar-refractivity contribution in [1.82, 2.24) is 0 Å². The standard InChI is InChI=1S/C18H24O3.C16H20O3.I2/c1-10(2)14(6)17(15(7)19)21-18(20)16-9-12(4)11(3)8-13(16)5;1-9(2)15(13(6)17)19-16(18)14-8-11(4)10(3)7-12(14)5;1-2/h8-9,17H,1-7H3;7-8H,1-6H3;. The molecule has 0 saturated heterocycles. The molecule has 8 heteroatoms. The molecular formula is C34H44I2O6. The fourth-order valence-electron chi connectivity index (χ4n) is 3.94. The van der Waals surface area contributed by atoms with Crippen LogP contribution in [0.4, 0.5) is 0 Å². The van der Waals surface area contributed by atoms with Crippen molar-refractivity contribution in [1.29, 1.82) is 0 Å². The molecule has 0 radical (unpaired) electrons. The molecule has 6 nitrogen and oxygen atoms in total. The molecule has 0 heterocycles. The van der Waals surface area contributed by atoms with Gasteiger partial charge in [-0.3, -0.25) is 9.59 Å². The van der Waals surface area contributed by atoms with Crippen LogP contribution in [0.3, 0.4) is 0 Å². The van der Waals surface area contributed by atoms with Gasteiger partial charge in [-0.25, -0.2) is 9.59 Å². The second-order valence-electron chi connectivity index (χ2n) is 10.9. The van der Waals surface area contributed by atoms with Crippen molar-refractivity contribution in [3.8, 4) is 0 Å². The van der Waals surface area contributed by atoms with Crippen LogP contribution in [-0.4, -0.2) is 29.6 Å². The number of allylic oxidation sites excluding steroid dienone is 3. The summed E-state index contributed by atoms with van der Waals surface area (Å²) >= 11 is 4.24. The number of ether oxygens (including phenoxy) is 2. The van der Waals surface area contributed by atoms with Gasteiger partial charge in [0.2, 0.25) is 0 Å². The molecule has 0 amide bonds. The minimum atomic E-state index is -0.802. The van der Waals surface area contributed by atoms with Crippen LogP contribution in [0.5, 0.6) is 0 Å². The average molecular weight is 803 g/mol.